The summed E-state index contributed by atoms with van der Waals surface area (Å²) < 4.78 is 27.8. The molecule has 20 heavy (non-hydrogen) atoms. The fourth-order valence-electron chi connectivity index (χ4n) is 1.77. The van der Waals surface area contributed by atoms with Crippen LogP contribution in [0.2, 0.25) is 0 Å². The molecular formula is C11H19N3O5S. The Kier molecular flexibility index (Phi) is 5.26. The second-order valence-electron chi connectivity index (χ2n) is 4.47. The highest BCUT2D eigenvalue weighted by molar-refractivity contribution is 7.89. The van der Waals surface area contributed by atoms with Gasteiger partial charge in [-0.1, -0.05) is 6.92 Å². The van der Waals surface area contributed by atoms with Gasteiger partial charge in [-0.05, 0) is 20.3 Å². The zero-order valence-corrected chi connectivity index (χ0v) is 12.4. The number of aliphatic hydroxyl groups excluding tert-OH is 1. The predicted molar refractivity (Wildman–Crippen MR) is 70.8 cm³/mol. The van der Waals surface area contributed by atoms with Crippen molar-refractivity contribution in [3.63, 3.8) is 0 Å². The number of aryl methyl sites for hydroxylation is 1. The normalized spacial score (nSPS) is 13.4. The van der Waals surface area contributed by atoms with E-state index in [0.717, 1.165) is 4.68 Å². The molecule has 0 bridgehead atoms. The summed E-state index contributed by atoms with van der Waals surface area (Å²) >= 11 is 0. The lowest BCUT2D eigenvalue weighted by atomic mass is 10.3. The highest BCUT2D eigenvalue weighted by Gasteiger charge is 2.25. The molecule has 8 nitrogen and oxygen atoms in total. The molecule has 1 rings (SSSR count). The second kappa shape index (κ2) is 6.33. The Hall–Kier alpha value is -1.45. The van der Waals surface area contributed by atoms with Crippen LogP contribution >= 0.6 is 0 Å². The van der Waals surface area contributed by atoms with Gasteiger partial charge in [-0.25, -0.2) is 13.1 Å². The lowest BCUT2D eigenvalue weighted by Crippen LogP contribution is -2.32. The first-order valence-corrected chi connectivity index (χ1v) is 7.60. The largest absolute Gasteiger partial charge is 0.480 e. The summed E-state index contributed by atoms with van der Waals surface area (Å²) in [6.07, 6.45) is -0.335. The molecule has 9 heteroatoms. The number of nitrogens with one attached hydrogen (secondary N) is 1. The van der Waals surface area contributed by atoms with Crippen LogP contribution in [-0.4, -0.2) is 47.0 Å². The fourth-order valence-corrected chi connectivity index (χ4v) is 3.25. The van der Waals surface area contributed by atoms with Gasteiger partial charge in [-0.2, -0.15) is 5.10 Å². The number of carboxylic acids is 1. The van der Waals surface area contributed by atoms with E-state index in [1.54, 1.807) is 6.92 Å². The maximum atomic E-state index is 12.2. The molecule has 0 aliphatic carbocycles. The molecule has 0 fully saturated rings. The quantitative estimate of drug-likeness (QED) is 0.632. The average molecular weight is 305 g/mol. The first kappa shape index (κ1) is 16.6. The molecule has 1 unspecified atom stereocenters. The van der Waals surface area contributed by atoms with Crippen molar-refractivity contribution in [2.45, 2.75) is 44.7 Å². The molecule has 0 aliphatic rings. The van der Waals surface area contributed by atoms with Crippen LogP contribution in [0, 0.1) is 13.8 Å². The van der Waals surface area contributed by atoms with Gasteiger partial charge >= 0.3 is 5.97 Å². The van der Waals surface area contributed by atoms with Crippen molar-refractivity contribution >= 4 is 16.0 Å². The minimum Gasteiger partial charge on any atom is -0.480 e. The van der Waals surface area contributed by atoms with Crippen molar-refractivity contribution in [1.82, 2.24) is 14.5 Å². The van der Waals surface area contributed by atoms with Crippen LogP contribution in [0.4, 0.5) is 0 Å². The molecule has 0 amide bonds. The lowest BCUT2D eigenvalue weighted by Gasteiger charge is -2.10. The molecule has 1 aromatic rings. The topological polar surface area (TPSA) is 122 Å². The number of aliphatic carboxylic acids is 1. The molecule has 0 saturated heterocycles. The van der Waals surface area contributed by atoms with Gasteiger partial charge in [0.15, 0.2) is 0 Å². The van der Waals surface area contributed by atoms with Crippen LogP contribution in [-0.2, 0) is 21.4 Å². The SMILES string of the molecule is CCC(O)CNS(=O)(=O)c1c(C)nn(CC(=O)O)c1C. The number of aromatic nitrogens is 2. The van der Waals surface area contributed by atoms with Gasteiger partial charge in [-0.15, -0.1) is 0 Å². The lowest BCUT2D eigenvalue weighted by molar-refractivity contribution is -0.137. The van der Waals surface area contributed by atoms with Crippen LogP contribution in [0.25, 0.3) is 0 Å². The second-order valence-corrected chi connectivity index (χ2v) is 6.17. The summed E-state index contributed by atoms with van der Waals surface area (Å²) in [6.45, 7) is 4.23. The van der Waals surface area contributed by atoms with Crippen molar-refractivity contribution in [3.05, 3.63) is 11.4 Å². The Morgan fingerprint density at radius 1 is 1.45 bits per heavy atom. The van der Waals surface area contributed by atoms with Gasteiger partial charge < -0.3 is 10.2 Å². The maximum Gasteiger partial charge on any atom is 0.325 e. The maximum absolute atomic E-state index is 12.2. The van der Waals surface area contributed by atoms with Gasteiger partial charge in [0.1, 0.15) is 11.4 Å². The average Bonchev–Trinajstić information content (AvgIpc) is 2.61. The molecular weight excluding hydrogens is 286 g/mol. The molecule has 0 saturated carbocycles. The standard InChI is InChI=1S/C11H19N3O5S/c1-4-9(15)5-12-20(18,19)11-7(2)13-14(8(11)3)6-10(16)17/h9,12,15H,4-6H2,1-3H3,(H,16,17). The van der Waals surface area contributed by atoms with E-state index in [2.05, 4.69) is 9.82 Å². The minimum atomic E-state index is -3.83. The molecule has 0 spiro atoms. The van der Waals surface area contributed by atoms with E-state index in [-0.39, 0.29) is 22.8 Å². The summed E-state index contributed by atoms with van der Waals surface area (Å²) in [5, 5.41) is 22.1. The highest BCUT2D eigenvalue weighted by Crippen LogP contribution is 2.19. The number of hydrogen-bond donors (Lipinski definition) is 3. The molecule has 0 aliphatic heterocycles. The third-order valence-electron chi connectivity index (χ3n) is 2.85. The van der Waals surface area contributed by atoms with E-state index in [4.69, 9.17) is 5.11 Å². The van der Waals surface area contributed by atoms with Crippen LogP contribution in [0.3, 0.4) is 0 Å². The summed E-state index contributed by atoms with van der Waals surface area (Å²) in [4.78, 5) is 10.6. The van der Waals surface area contributed by atoms with Crippen molar-refractivity contribution in [3.8, 4) is 0 Å². The van der Waals surface area contributed by atoms with Crippen LogP contribution in [0.5, 0.6) is 0 Å². The first-order valence-electron chi connectivity index (χ1n) is 6.12. The summed E-state index contributed by atoms with van der Waals surface area (Å²) in [6, 6.07) is 0. The Morgan fingerprint density at radius 3 is 2.55 bits per heavy atom. The van der Waals surface area contributed by atoms with Crippen molar-refractivity contribution < 1.29 is 23.4 Å². The molecule has 1 aromatic heterocycles. The molecule has 0 aromatic carbocycles. The number of carbonyl (C=O) groups is 1. The van der Waals surface area contributed by atoms with Crippen molar-refractivity contribution in [2.24, 2.45) is 0 Å². The molecule has 0 radical (unpaired) electrons. The van der Waals surface area contributed by atoms with Crippen LogP contribution < -0.4 is 4.72 Å². The van der Waals surface area contributed by atoms with Gasteiger partial charge in [0.05, 0.1) is 17.5 Å². The van der Waals surface area contributed by atoms with Crippen LogP contribution in [0.1, 0.15) is 24.7 Å². The predicted octanol–water partition coefficient (Wildman–Crippen LogP) is -0.366. The summed E-state index contributed by atoms with van der Waals surface area (Å²) in [7, 11) is -3.83. The number of carboxylic acid groups (broad SMARTS) is 1. The molecule has 3 N–H and O–H groups in total. The van der Waals surface area contributed by atoms with Crippen molar-refractivity contribution in [1.29, 1.82) is 0 Å². The molecule has 114 valence electrons. The first-order chi connectivity index (χ1) is 9.19. The number of sulfonamides is 1. The monoisotopic (exact) mass is 305 g/mol. The smallest absolute Gasteiger partial charge is 0.325 e. The zero-order valence-electron chi connectivity index (χ0n) is 11.6. The van der Waals surface area contributed by atoms with E-state index in [1.165, 1.54) is 13.8 Å². The van der Waals surface area contributed by atoms with E-state index >= 15 is 0 Å². The van der Waals surface area contributed by atoms with E-state index in [1.807, 2.05) is 0 Å². The number of hydrogen-bond acceptors (Lipinski definition) is 5. The number of aliphatic hydroxyl groups is 1. The fraction of sp³-hybridized carbons (Fsp3) is 0.636. The Balaban J connectivity index is 3.06. The zero-order chi connectivity index (χ0) is 15.5. The molecule has 1 atom stereocenters. The number of rotatable bonds is 7. The summed E-state index contributed by atoms with van der Waals surface area (Å²) in [5.74, 6) is -1.10. The van der Waals surface area contributed by atoms with E-state index < -0.39 is 28.6 Å². The third-order valence-corrected chi connectivity index (χ3v) is 4.52. The van der Waals surface area contributed by atoms with E-state index in [0.29, 0.717) is 6.42 Å². The third kappa shape index (κ3) is 3.78. The van der Waals surface area contributed by atoms with Gasteiger partial charge in [0.2, 0.25) is 10.0 Å². The van der Waals surface area contributed by atoms with Gasteiger partial charge in [0.25, 0.3) is 0 Å². The summed E-state index contributed by atoms with van der Waals surface area (Å²) in [5.41, 5.74) is 0.477. The van der Waals surface area contributed by atoms with E-state index in [9.17, 15) is 18.3 Å². The van der Waals surface area contributed by atoms with Crippen LogP contribution in [0.15, 0.2) is 4.90 Å². The van der Waals surface area contributed by atoms with Gasteiger partial charge in [0, 0.05) is 6.54 Å². The Morgan fingerprint density at radius 2 is 2.05 bits per heavy atom. The Labute approximate surface area is 117 Å². The number of nitrogens with zero attached hydrogens (tertiary/aromatic N) is 2. The minimum absolute atomic E-state index is 0.0398. The highest BCUT2D eigenvalue weighted by atomic mass is 32.2. The van der Waals surface area contributed by atoms with Gasteiger partial charge in [-0.3, -0.25) is 9.48 Å². The van der Waals surface area contributed by atoms with Crippen molar-refractivity contribution in [2.75, 3.05) is 6.54 Å². The Bertz CT molecular complexity index is 593. The molecule has 1 heterocycles.